The predicted octanol–water partition coefficient (Wildman–Crippen LogP) is 9.52. The number of pyridine rings is 1. The van der Waals surface area contributed by atoms with Gasteiger partial charge in [-0.2, -0.15) is 13.2 Å². The molecule has 2 aromatic rings. The zero-order valence-electron chi connectivity index (χ0n) is 26.4. The van der Waals surface area contributed by atoms with E-state index >= 15 is 0 Å². The Balaban J connectivity index is 1.78. The van der Waals surface area contributed by atoms with Crippen molar-refractivity contribution in [1.29, 1.82) is 0 Å². The number of hydrogen-bond acceptors (Lipinski definition) is 4. The third-order valence-corrected chi connectivity index (χ3v) is 14.3. The molecule has 0 amide bonds. The molecule has 3 heterocycles. The van der Waals surface area contributed by atoms with Crippen molar-refractivity contribution >= 4 is 8.32 Å². The van der Waals surface area contributed by atoms with Crippen molar-refractivity contribution < 1.29 is 31.5 Å². The highest BCUT2D eigenvalue weighted by Crippen LogP contribution is 2.59. The fourth-order valence-corrected chi connectivity index (χ4v) is 7.96. The summed E-state index contributed by atoms with van der Waals surface area (Å²) in [7, 11) is -2.21. The van der Waals surface area contributed by atoms with E-state index in [1.165, 1.54) is 6.07 Å². The van der Waals surface area contributed by atoms with E-state index in [2.05, 4.69) is 61.6 Å². The zero-order valence-corrected chi connectivity index (χ0v) is 27.4. The molecule has 3 aliphatic rings. The minimum absolute atomic E-state index is 0.00359. The average Bonchev–Trinajstić information content (AvgIpc) is 3.15. The van der Waals surface area contributed by atoms with Crippen LogP contribution in [0.25, 0.3) is 0 Å². The Morgan fingerprint density at radius 1 is 1.05 bits per heavy atom. The number of ether oxygens (including phenoxy) is 2. The lowest BCUT2D eigenvalue weighted by Gasteiger charge is -2.46. The number of rotatable bonds is 4. The Bertz CT molecular complexity index is 1360. The van der Waals surface area contributed by atoms with Crippen molar-refractivity contribution in [3.63, 3.8) is 0 Å². The lowest BCUT2D eigenvalue weighted by molar-refractivity contribution is -0.140. The zero-order chi connectivity index (χ0) is 31.0. The number of nitrogens with zero attached hydrogens (tertiary/aromatic N) is 1. The standard InChI is InChI=1S/C33H45F4NO3Si/c1-19(2)28-26-27(25-23(38-28)17-31(6,7)18-24(25)41-42(8,9)30(3,4)5)32(12-14-39-15-13-32)40-29(26)20-10-11-21(22(34)16-20)33(35,36)37/h10-11,16,19,24,29H,12-15,17-18H2,1-9H3/t24?,29-/m0/s1. The molecular weight excluding hydrogens is 562 g/mol. The van der Waals surface area contributed by atoms with Gasteiger partial charge in [0, 0.05) is 48.6 Å². The molecule has 0 saturated carbocycles. The summed E-state index contributed by atoms with van der Waals surface area (Å²) in [6.45, 7) is 20.9. The molecular formula is C33H45F4NO3Si. The number of alkyl halides is 3. The van der Waals surface area contributed by atoms with E-state index in [9.17, 15) is 17.6 Å². The molecule has 1 aliphatic carbocycles. The van der Waals surface area contributed by atoms with Crippen LogP contribution in [0.2, 0.25) is 18.1 Å². The third-order valence-electron chi connectivity index (χ3n) is 9.84. The van der Waals surface area contributed by atoms with Crippen LogP contribution in [-0.2, 0) is 32.1 Å². The number of benzene rings is 1. The van der Waals surface area contributed by atoms with Gasteiger partial charge in [-0.1, -0.05) is 54.5 Å². The van der Waals surface area contributed by atoms with Crippen LogP contribution in [0, 0.1) is 11.2 Å². The van der Waals surface area contributed by atoms with Crippen LogP contribution in [0.4, 0.5) is 17.6 Å². The molecule has 1 aromatic carbocycles. The average molecular weight is 608 g/mol. The Hall–Kier alpha value is -1.81. The summed E-state index contributed by atoms with van der Waals surface area (Å²) in [6, 6.07) is 3.18. The molecule has 2 atom stereocenters. The van der Waals surface area contributed by atoms with Crippen molar-refractivity contribution in [1.82, 2.24) is 4.98 Å². The second-order valence-corrected chi connectivity index (χ2v) is 19.8. The molecule has 0 bridgehead atoms. The Morgan fingerprint density at radius 2 is 1.69 bits per heavy atom. The van der Waals surface area contributed by atoms with E-state index in [0.29, 0.717) is 31.6 Å². The van der Waals surface area contributed by atoms with Gasteiger partial charge in [-0.25, -0.2) is 4.39 Å². The second-order valence-electron chi connectivity index (χ2n) is 15.1. The lowest BCUT2D eigenvalue weighted by atomic mass is 9.70. The maximum atomic E-state index is 15.0. The fourth-order valence-electron chi connectivity index (χ4n) is 6.70. The fraction of sp³-hybridized carbons (Fsp3) is 0.667. The maximum Gasteiger partial charge on any atom is 0.419 e. The predicted molar refractivity (Wildman–Crippen MR) is 158 cm³/mol. The van der Waals surface area contributed by atoms with Crippen molar-refractivity contribution in [2.24, 2.45) is 5.41 Å². The molecule has 0 N–H and O–H groups in total. The van der Waals surface area contributed by atoms with Crippen LogP contribution in [0.15, 0.2) is 18.2 Å². The first kappa shape index (κ1) is 31.6. The van der Waals surface area contributed by atoms with Gasteiger partial charge < -0.3 is 13.9 Å². The van der Waals surface area contributed by atoms with Crippen LogP contribution in [0.1, 0.15) is 125 Å². The summed E-state index contributed by atoms with van der Waals surface area (Å²) >= 11 is 0. The highest BCUT2D eigenvalue weighted by molar-refractivity contribution is 6.74. The SMILES string of the molecule is CC(C)c1nc2c(c3c1[C@H](c1ccc(C(F)(F)F)c(F)c1)OC31CCOCC1)C(O[Si](C)(C)C(C)(C)C)CC(C)(C)C2. The molecule has 1 unspecified atom stereocenters. The van der Waals surface area contributed by atoms with Crippen LogP contribution in [0.5, 0.6) is 0 Å². The molecule has 1 spiro atoms. The lowest BCUT2D eigenvalue weighted by Crippen LogP contribution is -2.45. The highest BCUT2D eigenvalue weighted by atomic mass is 28.4. The van der Waals surface area contributed by atoms with E-state index in [4.69, 9.17) is 18.9 Å². The summed E-state index contributed by atoms with van der Waals surface area (Å²) in [5.74, 6) is -1.27. The van der Waals surface area contributed by atoms with Gasteiger partial charge in [-0.05, 0) is 65.6 Å². The molecule has 0 radical (unpaired) electrons. The Morgan fingerprint density at radius 3 is 2.24 bits per heavy atom. The van der Waals surface area contributed by atoms with Crippen LogP contribution >= 0.6 is 0 Å². The number of fused-ring (bicyclic) bond motifs is 4. The first-order valence-electron chi connectivity index (χ1n) is 15.1. The monoisotopic (exact) mass is 607 g/mol. The summed E-state index contributed by atoms with van der Waals surface area (Å²) in [6.07, 6.45) is -2.89. The molecule has 232 valence electrons. The Kier molecular flexibility index (Phi) is 7.81. The van der Waals surface area contributed by atoms with Gasteiger partial charge >= 0.3 is 6.18 Å². The van der Waals surface area contributed by atoms with E-state index in [-0.39, 0.29) is 22.5 Å². The third kappa shape index (κ3) is 5.48. The first-order chi connectivity index (χ1) is 19.3. The molecule has 2 aliphatic heterocycles. The second kappa shape index (κ2) is 10.4. The minimum atomic E-state index is -4.77. The summed E-state index contributed by atoms with van der Waals surface area (Å²) in [4.78, 5) is 5.31. The highest BCUT2D eigenvalue weighted by Gasteiger charge is 2.54. The van der Waals surface area contributed by atoms with Crippen molar-refractivity contribution in [2.75, 3.05) is 13.2 Å². The van der Waals surface area contributed by atoms with Gasteiger partial charge in [0.1, 0.15) is 11.9 Å². The van der Waals surface area contributed by atoms with Crippen molar-refractivity contribution in [3.8, 4) is 0 Å². The van der Waals surface area contributed by atoms with Crippen LogP contribution in [0.3, 0.4) is 0 Å². The van der Waals surface area contributed by atoms with Gasteiger partial charge in [-0.3, -0.25) is 4.98 Å². The molecule has 9 heteroatoms. The Labute approximate surface area is 248 Å². The van der Waals surface area contributed by atoms with E-state index in [0.717, 1.165) is 53.1 Å². The molecule has 1 saturated heterocycles. The molecule has 4 nitrogen and oxygen atoms in total. The normalized spacial score (nSPS) is 23.8. The minimum Gasteiger partial charge on any atom is -0.410 e. The van der Waals surface area contributed by atoms with E-state index in [1.54, 1.807) is 0 Å². The number of halogens is 4. The summed E-state index contributed by atoms with van der Waals surface area (Å²) in [5.41, 5.74) is 3.23. The molecule has 5 rings (SSSR count). The topological polar surface area (TPSA) is 40.6 Å². The van der Waals surface area contributed by atoms with Crippen LogP contribution in [-0.4, -0.2) is 26.5 Å². The largest absolute Gasteiger partial charge is 0.419 e. The molecule has 1 aromatic heterocycles. The number of aromatic nitrogens is 1. The van der Waals surface area contributed by atoms with Crippen LogP contribution < -0.4 is 0 Å². The van der Waals surface area contributed by atoms with Gasteiger partial charge in [0.2, 0.25) is 0 Å². The number of hydrogen-bond donors (Lipinski definition) is 0. The quantitative estimate of drug-likeness (QED) is 0.256. The van der Waals surface area contributed by atoms with Crippen molar-refractivity contribution in [2.45, 2.75) is 122 Å². The molecule has 42 heavy (non-hydrogen) atoms. The maximum absolute atomic E-state index is 15.0. The van der Waals surface area contributed by atoms with E-state index in [1.807, 2.05) is 0 Å². The summed E-state index contributed by atoms with van der Waals surface area (Å²) < 4.78 is 75.3. The van der Waals surface area contributed by atoms with Gasteiger partial charge in [-0.15, -0.1) is 0 Å². The molecule has 1 fully saturated rings. The smallest absolute Gasteiger partial charge is 0.410 e. The van der Waals surface area contributed by atoms with Crippen molar-refractivity contribution in [3.05, 3.63) is 63.2 Å². The van der Waals surface area contributed by atoms with E-state index < -0.39 is 37.6 Å². The van der Waals surface area contributed by atoms with Gasteiger partial charge in [0.25, 0.3) is 0 Å². The first-order valence-corrected chi connectivity index (χ1v) is 18.0. The summed E-state index contributed by atoms with van der Waals surface area (Å²) in [5, 5.41) is -0.00359. The van der Waals surface area contributed by atoms with Gasteiger partial charge in [0.15, 0.2) is 8.32 Å². The van der Waals surface area contributed by atoms with Gasteiger partial charge in [0.05, 0.1) is 17.3 Å².